The first-order valence-electron chi connectivity index (χ1n) is 6.81. The molecule has 1 aromatic heterocycles. The third-order valence-corrected chi connectivity index (χ3v) is 3.31. The molecule has 0 amide bonds. The van der Waals surface area contributed by atoms with Gasteiger partial charge in [-0.3, -0.25) is 4.99 Å². The Kier molecular flexibility index (Phi) is 8.88. The molecule has 0 aliphatic rings. The van der Waals surface area contributed by atoms with Crippen LogP contribution in [-0.4, -0.2) is 44.0 Å². The van der Waals surface area contributed by atoms with E-state index in [1.807, 2.05) is 27.7 Å². The summed E-state index contributed by atoms with van der Waals surface area (Å²) in [5.41, 5.74) is 1.89. The van der Waals surface area contributed by atoms with Crippen LogP contribution in [0, 0.1) is 13.8 Å². The minimum Gasteiger partial charge on any atom is -0.377 e. The van der Waals surface area contributed by atoms with Gasteiger partial charge in [0.25, 0.3) is 0 Å². The van der Waals surface area contributed by atoms with Crippen LogP contribution in [0.5, 0.6) is 0 Å². The topological polar surface area (TPSA) is 71.7 Å². The van der Waals surface area contributed by atoms with Gasteiger partial charge in [-0.05, 0) is 34.1 Å². The van der Waals surface area contributed by atoms with Crippen molar-refractivity contribution in [3.8, 4) is 0 Å². The smallest absolute Gasteiger partial charge is 0.191 e. The van der Waals surface area contributed by atoms with Gasteiger partial charge in [0.05, 0.1) is 11.3 Å². The van der Waals surface area contributed by atoms with Gasteiger partial charge in [0, 0.05) is 32.8 Å². The minimum absolute atomic E-state index is 0. The molecule has 1 heterocycles. The summed E-state index contributed by atoms with van der Waals surface area (Å²) in [5.74, 6) is 1.65. The molecule has 7 heteroatoms. The Balaban J connectivity index is 0.00000400. The number of hydrogen-bond donors (Lipinski definition) is 2. The number of nitrogens with zero attached hydrogens (tertiary/aromatic N) is 2. The Labute approximate surface area is 144 Å². The van der Waals surface area contributed by atoms with E-state index in [4.69, 9.17) is 9.26 Å². The normalized spacial score (nSPS) is 12.0. The lowest BCUT2D eigenvalue weighted by Crippen LogP contribution is -2.45. The van der Waals surface area contributed by atoms with Gasteiger partial charge in [0.15, 0.2) is 5.96 Å². The van der Waals surface area contributed by atoms with Gasteiger partial charge in [-0.1, -0.05) is 5.16 Å². The first-order chi connectivity index (χ1) is 9.39. The van der Waals surface area contributed by atoms with Gasteiger partial charge >= 0.3 is 0 Å². The Morgan fingerprint density at radius 3 is 2.48 bits per heavy atom. The number of hydrogen-bond acceptors (Lipinski definition) is 4. The van der Waals surface area contributed by atoms with E-state index in [2.05, 4.69) is 20.8 Å². The third kappa shape index (κ3) is 6.64. The fraction of sp³-hybridized carbons (Fsp3) is 0.714. The second-order valence-corrected chi connectivity index (χ2v) is 5.37. The van der Waals surface area contributed by atoms with E-state index in [-0.39, 0.29) is 29.6 Å². The van der Waals surface area contributed by atoms with Crippen LogP contribution < -0.4 is 10.6 Å². The molecule has 0 fully saturated rings. The van der Waals surface area contributed by atoms with Crippen LogP contribution in [-0.2, 0) is 11.2 Å². The van der Waals surface area contributed by atoms with Crippen LogP contribution in [0.3, 0.4) is 0 Å². The summed E-state index contributed by atoms with van der Waals surface area (Å²) in [6.07, 6.45) is 0.857. The molecule has 0 aliphatic carbocycles. The van der Waals surface area contributed by atoms with Crippen molar-refractivity contribution in [1.29, 1.82) is 0 Å². The highest BCUT2D eigenvalue weighted by molar-refractivity contribution is 14.0. The molecular weight excluding hydrogens is 383 g/mol. The van der Waals surface area contributed by atoms with E-state index < -0.39 is 0 Å². The summed E-state index contributed by atoms with van der Waals surface area (Å²) in [6, 6.07) is 0. The lowest BCUT2D eigenvalue weighted by atomic mass is 10.1. The number of aliphatic imine (C=N–C) groups is 1. The Bertz CT molecular complexity index is 438. The Morgan fingerprint density at radius 1 is 1.33 bits per heavy atom. The number of aryl methyl sites for hydroxylation is 2. The standard InChI is InChI=1S/C14H26N4O2.HI/c1-10-12(11(2)20-18-10)7-8-16-13(15-5)17-9-14(3,4)19-6;/h7-9H2,1-6H3,(H2,15,16,17);1H. The highest BCUT2D eigenvalue weighted by atomic mass is 127. The van der Waals surface area contributed by atoms with E-state index in [1.165, 1.54) is 0 Å². The molecule has 0 aromatic carbocycles. The first-order valence-corrected chi connectivity index (χ1v) is 6.81. The van der Waals surface area contributed by atoms with Crippen molar-refractivity contribution in [2.45, 2.75) is 39.7 Å². The maximum Gasteiger partial charge on any atom is 0.191 e. The summed E-state index contributed by atoms with van der Waals surface area (Å²) in [5, 5.41) is 10.5. The van der Waals surface area contributed by atoms with E-state index in [0.29, 0.717) is 6.54 Å². The summed E-state index contributed by atoms with van der Waals surface area (Å²) in [6.45, 7) is 9.41. The molecule has 0 spiro atoms. The predicted molar refractivity (Wildman–Crippen MR) is 95.5 cm³/mol. The number of ether oxygens (including phenoxy) is 1. The fourth-order valence-corrected chi connectivity index (χ4v) is 1.75. The largest absolute Gasteiger partial charge is 0.377 e. The molecule has 0 atom stereocenters. The van der Waals surface area contributed by atoms with E-state index in [0.717, 1.165) is 35.9 Å². The number of guanidine groups is 1. The number of halogens is 1. The van der Waals surface area contributed by atoms with Crippen LogP contribution in [0.15, 0.2) is 9.52 Å². The van der Waals surface area contributed by atoms with Crippen LogP contribution in [0.25, 0.3) is 0 Å². The molecular formula is C14H27IN4O2. The number of methoxy groups -OCH3 is 1. The maximum atomic E-state index is 5.36. The maximum absolute atomic E-state index is 5.36. The van der Waals surface area contributed by atoms with Crippen molar-refractivity contribution >= 4 is 29.9 Å². The quantitative estimate of drug-likeness (QED) is 0.427. The zero-order valence-corrected chi connectivity index (χ0v) is 16.1. The highest BCUT2D eigenvalue weighted by Crippen LogP contribution is 2.12. The lowest BCUT2D eigenvalue weighted by Gasteiger charge is -2.24. The molecule has 122 valence electrons. The minimum atomic E-state index is -0.223. The van der Waals surface area contributed by atoms with Crippen LogP contribution in [0.1, 0.15) is 30.9 Å². The summed E-state index contributed by atoms with van der Waals surface area (Å²) in [7, 11) is 3.46. The summed E-state index contributed by atoms with van der Waals surface area (Å²) >= 11 is 0. The number of rotatable bonds is 6. The predicted octanol–water partition coefficient (Wildman–Crippen LogP) is 2.04. The molecule has 0 aliphatic heterocycles. The average Bonchev–Trinajstić information content (AvgIpc) is 2.74. The summed E-state index contributed by atoms with van der Waals surface area (Å²) in [4.78, 5) is 4.19. The van der Waals surface area contributed by atoms with Crippen molar-refractivity contribution in [2.24, 2.45) is 4.99 Å². The monoisotopic (exact) mass is 410 g/mol. The van der Waals surface area contributed by atoms with Crippen LogP contribution in [0.4, 0.5) is 0 Å². The average molecular weight is 410 g/mol. The molecule has 0 saturated heterocycles. The highest BCUT2D eigenvalue weighted by Gasteiger charge is 2.16. The third-order valence-electron chi connectivity index (χ3n) is 3.31. The van der Waals surface area contributed by atoms with Crippen molar-refractivity contribution < 1.29 is 9.26 Å². The molecule has 21 heavy (non-hydrogen) atoms. The lowest BCUT2D eigenvalue weighted by molar-refractivity contribution is 0.0268. The molecule has 6 nitrogen and oxygen atoms in total. The van der Waals surface area contributed by atoms with Crippen LogP contribution in [0.2, 0.25) is 0 Å². The van der Waals surface area contributed by atoms with Gasteiger partial charge in [0.2, 0.25) is 0 Å². The van der Waals surface area contributed by atoms with Gasteiger partial charge < -0.3 is 19.9 Å². The van der Waals surface area contributed by atoms with E-state index in [9.17, 15) is 0 Å². The van der Waals surface area contributed by atoms with Gasteiger partial charge in [-0.25, -0.2) is 0 Å². The molecule has 2 N–H and O–H groups in total. The Hall–Kier alpha value is -0.830. The fourth-order valence-electron chi connectivity index (χ4n) is 1.75. The molecule has 1 aromatic rings. The first kappa shape index (κ1) is 20.2. The second-order valence-electron chi connectivity index (χ2n) is 5.37. The van der Waals surface area contributed by atoms with Gasteiger partial charge in [-0.15, -0.1) is 24.0 Å². The van der Waals surface area contributed by atoms with Gasteiger partial charge in [-0.2, -0.15) is 0 Å². The van der Waals surface area contributed by atoms with Crippen molar-refractivity contribution in [3.63, 3.8) is 0 Å². The van der Waals surface area contributed by atoms with Crippen molar-refractivity contribution in [1.82, 2.24) is 15.8 Å². The second kappa shape index (κ2) is 9.24. The molecule has 0 unspecified atom stereocenters. The Morgan fingerprint density at radius 2 is 2.00 bits per heavy atom. The SMILES string of the molecule is CN=C(NCCc1c(C)noc1C)NCC(C)(C)OC.I. The van der Waals surface area contributed by atoms with E-state index >= 15 is 0 Å². The zero-order valence-electron chi connectivity index (χ0n) is 13.7. The number of aromatic nitrogens is 1. The van der Waals surface area contributed by atoms with Crippen molar-refractivity contribution in [2.75, 3.05) is 27.2 Å². The van der Waals surface area contributed by atoms with Crippen molar-refractivity contribution in [3.05, 3.63) is 17.0 Å². The molecule has 1 rings (SSSR count). The zero-order chi connectivity index (χ0) is 15.2. The molecule has 0 saturated carbocycles. The number of nitrogens with one attached hydrogen (secondary N) is 2. The van der Waals surface area contributed by atoms with E-state index in [1.54, 1.807) is 14.2 Å². The summed E-state index contributed by atoms with van der Waals surface area (Å²) < 4.78 is 10.5. The van der Waals surface area contributed by atoms with Gasteiger partial charge in [0.1, 0.15) is 5.76 Å². The van der Waals surface area contributed by atoms with Crippen LogP contribution >= 0.6 is 24.0 Å². The molecule has 0 radical (unpaired) electrons. The molecule has 0 bridgehead atoms.